The van der Waals surface area contributed by atoms with E-state index in [2.05, 4.69) is 32.0 Å². The third-order valence-corrected chi connectivity index (χ3v) is 3.62. The Morgan fingerprint density at radius 2 is 1.87 bits per heavy atom. The van der Waals surface area contributed by atoms with Crippen LogP contribution in [0.15, 0.2) is 24.3 Å². The van der Waals surface area contributed by atoms with Gasteiger partial charge in [0.25, 0.3) is 5.91 Å². The van der Waals surface area contributed by atoms with Crippen LogP contribution in [0.25, 0.3) is 0 Å². The fourth-order valence-corrected chi connectivity index (χ4v) is 2.16. The Kier molecular flexibility index (Phi) is 6.84. The van der Waals surface area contributed by atoms with Crippen LogP contribution in [0.2, 0.25) is 0 Å². The topological polar surface area (TPSA) is 55.4 Å². The molecule has 0 aliphatic rings. The van der Waals surface area contributed by atoms with Crippen molar-refractivity contribution in [3.8, 4) is 12.3 Å². The summed E-state index contributed by atoms with van der Waals surface area (Å²) < 4.78 is 4.74. The molecule has 124 valence electrons. The molecule has 23 heavy (non-hydrogen) atoms. The molecule has 1 amide bonds. The van der Waals surface area contributed by atoms with Gasteiger partial charge in [-0.05, 0) is 36.0 Å². The Balaban J connectivity index is 2.78. The van der Waals surface area contributed by atoms with Crippen molar-refractivity contribution in [1.82, 2.24) is 5.32 Å². The molecule has 1 aromatic rings. The van der Waals surface area contributed by atoms with Crippen molar-refractivity contribution >= 4 is 11.9 Å². The molecule has 4 nitrogen and oxygen atoms in total. The molecule has 0 fully saturated rings. The zero-order valence-corrected chi connectivity index (χ0v) is 14.3. The number of ether oxygens (including phenoxy) is 1. The summed E-state index contributed by atoms with van der Waals surface area (Å²) >= 11 is 0. The Bertz CT molecular complexity index is 576. The van der Waals surface area contributed by atoms with Crippen molar-refractivity contribution in [3.05, 3.63) is 35.4 Å². The van der Waals surface area contributed by atoms with Gasteiger partial charge in [0.1, 0.15) is 6.04 Å². The van der Waals surface area contributed by atoms with Gasteiger partial charge in [-0.3, -0.25) is 4.79 Å². The van der Waals surface area contributed by atoms with E-state index in [1.54, 1.807) is 12.1 Å². The van der Waals surface area contributed by atoms with Crippen LogP contribution in [0.4, 0.5) is 0 Å². The van der Waals surface area contributed by atoms with Gasteiger partial charge in [-0.15, -0.1) is 12.3 Å². The zero-order valence-electron chi connectivity index (χ0n) is 14.3. The van der Waals surface area contributed by atoms with Crippen LogP contribution in [-0.4, -0.2) is 25.0 Å². The summed E-state index contributed by atoms with van der Waals surface area (Å²) in [4.78, 5) is 24.1. The molecule has 0 saturated carbocycles. The number of hydrogen-bond donors (Lipinski definition) is 1. The molecule has 0 bridgehead atoms. The van der Waals surface area contributed by atoms with Crippen molar-refractivity contribution in [2.75, 3.05) is 7.11 Å². The van der Waals surface area contributed by atoms with Crippen LogP contribution in [0, 0.1) is 12.3 Å². The molecular weight excluding hydrogens is 290 g/mol. The summed E-state index contributed by atoms with van der Waals surface area (Å²) in [5, 5.41) is 2.72. The van der Waals surface area contributed by atoms with Crippen LogP contribution in [0.1, 0.15) is 56.0 Å². The van der Waals surface area contributed by atoms with Gasteiger partial charge < -0.3 is 10.1 Å². The number of amides is 1. The maximum Gasteiger partial charge on any atom is 0.328 e. The maximum absolute atomic E-state index is 12.3. The van der Waals surface area contributed by atoms with Crippen molar-refractivity contribution in [1.29, 1.82) is 0 Å². The largest absolute Gasteiger partial charge is 0.467 e. The molecule has 0 unspecified atom stereocenters. The summed E-state index contributed by atoms with van der Waals surface area (Å²) in [7, 11) is 1.31. The number of terminal acetylenes is 1. The van der Waals surface area contributed by atoms with Crippen LogP contribution < -0.4 is 5.32 Å². The predicted molar refractivity (Wildman–Crippen MR) is 91.1 cm³/mol. The fourth-order valence-electron chi connectivity index (χ4n) is 2.16. The van der Waals surface area contributed by atoms with E-state index in [0.29, 0.717) is 24.8 Å². The Morgan fingerprint density at radius 1 is 1.26 bits per heavy atom. The lowest BCUT2D eigenvalue weighted by Crippen LogP contribution is -2.41. The van der Waals surface area contributed by atoms with Gasteiger partial charge in [0.15, 0.2) is 0 Å². The number of rotatable bonds is 6. The van der Waals surface area contributed by atoms with Crippen LogP contribution in [0.5, 0.6) is 0 Å². The minimum atomic E-state index is -0.678. The Morgan fingerprint density at radius 3 is 2.35 bits per heavy atom. The molecule has 0 spiro atoms. The summed E-state index contributed by atoms with van der Waals surface area (Å²) in [5.74, 6) is 1.77. The van der Waals surface area contributed by atoms with Gasteiger partial charge in [0.2, 0.25) is 0 Å². The number of carbonyl (C=O) groups excluding carboxylic acids is 2. The molecule has 0 saturated heterocycles. The molecule has 1 atom stereocenters. The average Bonchev–Trinajstić information content (AvgIpc) is 2.52. The minimum Gasteiger partial charge on any atom is -0.467 e. The molecule has 0 radical (unpaired) electrons. The van der Waals surface area contributed by atoms with Gasteiger partial charge in [-0.2, -0.15) is 0 Å². The van der Waals surface area contributed by atoms with Crippen LogP contribution >= 0.6 is 0 Å². The second kappa shape index (κ2) is 8.38. The highest BCUT2D eigenvalue weighted by Gasteiger charge is 2.22. The molecule has 1 rings (SSSR count). The SMILES string of the molecule is C#CCCC[C@H](NC(=O)c1ccc(C(C)(C)C)cc1)C(=O)OC. The number of methoxy groups -OCH3 is 1. The van der Waals surface area contributed by atoms with Gasteiger partial charge in [0.05, 0.1) is 7.11 Å². The number of benzene rings is 1. The lowest BCUT2D eigenvalue weighted by Gasteiger charge is -2.19. The molecule has 0 heterocycles. The second-order valence-corrected chi connectivity index (χ2v) is 6.47. The van der Waals surface area contributed by atoms with E-state index in [1.807, 2.05) is 12.1 Å². The summed E-state index contributed by atoms with van der Waals surface area (Å²) in [6.07, 6.45) is 6.88. The van der Waals surface area contributed by atoms with Crippen LogP contribution in [0.3, 0.4) is 0 Å². The lowest BCUT2D eigenvalue weighted by atomic mass is 9.86. The highest BCUT2D eigenvalue weighted by molar-refractivity contribution is 5.96. The summed E-state index contributed by atoms with van der Waals surface area (Å²) in [6.45, 7) is 6.34. The van der Waals surface area contributed by atoms with E-state index in [-0.39, 0.29) is 11.3 Å². The fraction of sp³-hybridized carbons (Fsp3) is 0.474. The van der Waals surface area contributed by atoms with Gasteiger partial charge in [0, 0.05) is 12.0 Å². The molecular formula is C19H25NO3. The molecule has 0 aromatic heterocycles. The smallest absolute Gasteiger partial charge is 0.328 e. The Labute approximate surface area is 138 Å². The van der Waals surface area contributed by atoms with Crippen molar-refractivity contribution in [3.63, 3.8) is 0 Å². The molecule has 0 aliphatic carbocycles. The van der Waals surface area contributed by atoms with Crippen molar-refractivity contribution < 1.29 is 14.3 Å². The van der Waals surface area contributed by atoms with E-state index in [1.165, 1.54) is 7.11 Å². The molecule has 1 aromatic carbocycles. The third-order valence-electron chi connectivity index (χ3n) is 3.62. The molecule has 1 N–H and O–H groups in total. The summed E-state index contributed by atoms with van der Waals surface area (Å²) in [5.41, 5.74) is 1.69. The van der Waals surface area contributed by atoms with Crippen molar-refractivity contribution in [2.45, 2.75) is 51.5 Å². The number of nitrogens with one attached hydrogen (secondary N) is 1. The first-order chi connectivity index (χ1) is 10.8. The quantitative estimate of drug-likeness (QED) is 0.499. The highest BCUT2D eigenvalue weighted by Crippen LogP contribution is 2.22. The lowest BCUT2D eigenvalue weighted by molar-refractivity contribution is -0.143. The maximum atomic E-state index is 12.3. The number of hydrogen-bond acceptors (Lipinski definition) is 3. The van der Waals surface area contributed by atoms with Crippen LogP contribution in [-0.2, 0) is 14.9 Å². The second-order valence-electron chi connectivity index (χ2n) is 6.47. The number of unbranched alkanes of at least 4 members (excludes halogenated alkanes) is 1. The highest BCUT2D eigenvalue weighted by atomic mass is 16.5. The first kappa shape index (κ1) is 18.8. The van der Waals surface area contributed by atoms with Gasteiger partial charge >= 0.3 is 5.97 Å². The predicted octanol–water partition coefficient (Wildman–Crippen LogP) is 3.06. The minimum absolute atomic E-state index is 0.0266. The number of carbonyl (C=O) groups is 2. The molecule has 0 aliphatic heterocycles. The monoisotopic (exact) mass is 315 g/mol. The first-order valence-electron chi connectivity index (χ1n) is 7.72. The van der Waals surface area contributed by atoms with E-state index in [9.17, 15) is 9.59 Å². The van der Waals surface area contributed by atoms with Crippen molar-refractivity contribution in [2.24, 2.45) is 0 Å². The average molecular weight is 315 g/mol. The van der Waals surface area contributed by atoms with Gasteiger partial charge in [-0.25, -0.2) is 4.79 Å². The third kappa shape index (κ3) is 5.78. The normalized spacial score (nSPS) is 12.1. The zero-order chi connectivity index (χ0) is 17.5. The van der Waals surface area contributed by atoms with E-state index in [4.69, 9.17) is 11.2 Å². The first-order valence-corrected chi connectivity index (χ1v) is 7.72. The summed E-state index contributed by atoms with van der Waals surface area (Å²) in [6, 6.07) is 6.72. The number of esters is 1. The Hall–Kier alpha value is -2.28. The van der Waals surface area contributed by atoms with E-state index < -0.39 is 12.0 Å². The van der Waals surface area contributed by atoms with Gasteiger partial charge in [-0.1, -0.05) is 32.9 Å². The molecule has 4 heteroatoms. The van der Waals surface area contributed by atoms with E-state index in [0.717, 1.165) is 5.56 Å². The van der Waals surface area contributed by atoms with E-state index >= 15 is 0 Å². The standard InChI is InChI=1S/C19H25NO3/c1-6-7-8-9-16(18(22)23-5)20-17(21)14-10-12-15(13-11-14)19(2,3)4/h1,10-13,16H,7-9H2,2-5H3,(H,20,21)/t16-/m0/s1.